The Morgan fingerprint density at radius 2 is 1.90 bits per heavy atom. The van der Waals surface area contributed by atoms with Crippen LogP contribution in [0.25, 0.3) is 6.08 Å². The number of amides is 1. The molecule has 156 valence electrons. The standard InChI is InChI=1S/C24H18BrClN2O3/c1-30-20-9-7-19(8-10-20)28-24(29)18(14-27)12-16-6-11-23(21(25)13-16)31-15-17-4-2-3-5-22(17)26/h2-13H,15H2,1H3,(H,28,29)/b18-12-. The fraction of sp³-hybridized carbons (Fsp3) is 0.0833. The molecule has 0 aliphatic rings. The fourth-order valence-corrected chi connectivity index (χ4v) is 3.38. The Morgan fingerprint density at radius 1 is 1.16 bits per heavy atom. The third-order valence-corrected chi connectivity index (χ3v) is 5.31. The number of hydrogen-bond acceptors (Lipinski definition) is 4. The third-order valence-electron chi connectivity index (χ3n) is 4.32. The first-order valence-corrected chi connectivity index (χ1v) is 10.4. The second-order valence-electron chi connectivity index (χ2n) is 6.42. The van der Waals surface area contributed by atoms with Crippen LogP contribution in [-0.4, -0.2) is 13.0 Å². The Morgan fingerprint density at radius 3 is 2.55 bits per heavy atom. The van der Waals surface area contributed by atoms with E-state index in [1.54, 1.807) is 49.6 Å². The van der Waals surface area contributed by atoms with Crippen molar-refractivity contribution in [2.75, 3.05) is 12.4 Å². The first-order chi connectivity index (χ1) is 15.0. The predicted octanol–water partition coefficient (Wildman–Crippen LogP) is 6.24. The van der Waals surface area contributed by atoms with E-state index in [0.717, 1.165) is 5.56 Å². The molecule has 0 heterocycles. The maximum atomic E-state index is 12.5. The van der Waals surface area contributed by atoms with Crippen LogP contribution < -0.4 is 14.8 Å². The van der Waals surface area contributed by atoms with Crippen LogP contribution in [0.5, 0.6) is 11.5 Å². The van der Waals surface area contributed by atoms with Gasteiger partial charge < -0.3 is 14.8 Å². The molecule has 5 nitrogen and oxygen atoms in total. The maximum Gasteiger partial charge on any atom is 0.266 e. The Hall–Kier alpha value is -3.27. The smallest absolute Gasteiger partial charge is 0.266 e. The molecule has 3 aromatic rings. The van der Waals surface area contributed by atoms with Gasteiger partial charge in [-0.05, 0) is 70.0 Å². The normalized spacial score (nSPS) is 10.8. The highest BCUT2D eigenvalue weighted by Crippen LogP contribution is 2.28. The number of nitrogens with one attached hydrogen (secondary N) is 1. The topological polar surface area (TPSA) is 71.3 Å². The average molecular weight is 498 g/mol. The molecule has 3 rings (SSSR count). The first kappa shape index (κ1) is 22.4. The lowest BCUT2D eigenvalue weighted by molar-refractivity contribution is -0.112. The molecule has 31 heavy (non-hydrogen) atoms. The second-order valence-corrected chi connectivity index (χ2v) is 7.68. The van der Waals surface area contributed by atoms with Crippen molar-refractivity contribution < 1.29 is 14.3 Å². The van der Waals surface area contributed by atoms with Gasteiger partial charge >= 0.3 is 0 Å². The molecule has 0 radical (unpaired) electrons. The molecule has 0 aromatic heterocycles. The number of rotatable bonds is 7. The summed E-state index contributed by atoms with van der Waals surface area (Å²) in [5, 5.41) is 12.8. The van der Waals surface area contributed by atoms with E-state index in [2.05, 4.69) is 21.2 Å². The highest BCUT2D eigenvalue weighted by atomic mass is 79.9. The largest absolute Gasteiger partial charge is 0.497 e. The van der Waals surface area contributed by atoms with Crippen LogP contribution in [0, 0.1) is 11.3 Å². The van der Waals surface area contributed by atoms with Crippen LogP contribution in [0.1, 0.15) is 11.1 Å². The van der Waals surface area contributed by atoms with Crippen LogP contribution in [0.3, 0.4) is 0 Å². The van der Waals surface area contributed by atoms with Crippen LogP contribution >= 0.6 is 27.5 Å². The summed E-state index contributed by atoms with van der Waals surface area (Å²) in [6, 6.07) is 21.6. The Balaban J connectivity index is 1.70. The predicted molar refractivity (Wildman–Crippen MR) is 125 cm³/mol. The van der Waals surface area contributed by atoms with Gasteiger partial charge in [-0.1, -0.05) is 35.9 Å². The zero-order valence-corrected chi connectivity index (χ0v) is 18.9. The van der Waals surface area contributed by atoms with Gasteiger partial charge in [-0.25, -0.2) is 0 Å². The molecule has 1 N–H and O–H groups in total. The quantitative estimate of drug-likeness (QED) is 0.310. The van der Waals surface area contributed by atoms with Gasteiger partial charge in [0.1, 0.15) is 29.7 Å². The molecule has 1 amide bonds. The van der Waals surface area contributed by atoms with Gasteiger partial charge in [-0.3, -0.25) is 4.79 Å². The highest BCUT2D eigenvalue weighted by molar-refractivity contribution is 9.10. The number of ether oxygens (including phenoxy) is 2. The van der Waals surface area contributed by atoms with Gasteiger partial charge in [0.05, 0.1) is 11.6 Å². The molecule has 0 spiro atoms. The molecule has 7 heteroatoms. The van der Waals surface area contributed by atoms with Crippen molar-refractivity contribution in [1.29, 1.82) is 5.26 Å². The number of carbonyl (C=O) groups is 1. The molecule has 0 aliphatic carbocycles. The number of halogens is 2. The zero-order chi connectivity index (χ0) is 22.2. The molecule has 0 atom stereocenters. The zero-order valence-electron chi connectivity index (χ0n) is 16.6. The van der Waals surface area contributed by atoms with Crippen molar-refractivity contribution in [3.8, 4) is 17.6 Å². The van der Waals surface area contributed by atoms with Gasteiger partial charge in [0, 0.05) is 16.3 Å². The summed E-state index contributed by atoms with van der Waals surface area (Å²) < 4.78 is 11.6. The number of benzene rings is 3. The molecule has 0 fully saturated rings. The summed E-state index contributed by atoms with van der Waals surface area (Å²) in [7, 11) is 1.56. The number of methoxy groups -OCH3 is 1. The van der Waals surface area contributed by atoms with E-state index in [4.69, 9.17) is 21.1 Å². The second kappa shape index (κ2) is 10.7. The van der Waals surface area contributed by atoms with E-state index >= 15 is 0 Å². The van der Waals surface area contributed by atoms with E-state index in [-0.39, 0.29) is 5.57 Å². The van der Waals surface area contributed by atoms with E-state index in [9.17, 15) is 10.1 Å². The van der Waals surface area contributed by atoms with Crippen LogP contribution in [0.15, 0.2) is 76.8 Å². The van der Waals surface area contributed by atoms with Crippen LogP contribution in [0.4, 0.5) is 5.69 Å². The van der Waals surface area contributed by atoms with E-state index in [1.807, 2.05) is 30.3 Å². The van der Waals surface area contributed by atoms with Gasteiger partial charge in [0.15, 0.2) is 0 Å². The third kappa shape index (κ3) is 6.11. The molecule has 0 saturated carbocycles. The Labute approximate surface area is 194 Å². The first-order valence-electron chi connectivity index (χ1n) is 9.23. The van der Waals surface area contributed by atoms with E-state index in [1.165, 1.54) is 6.08 Å². The molecule has 0 aliphatic heterocycles. The van der Waals surface area contributed by atoms with Crippen molar-refractivity contribution in [2.45, 2.75) is 6.61 Å². The molecule has 0 bridgehead atoms. The van der Waals surface area contributed by atoms with Crippen LogP contribution in [0.2, 0.25) is 5.02 Å². The minimum absolute atomic E-state index is 0.0209. The van der Waals surface area contributed by atoms with Crippen molar-refractivity contribution in [3.63, 3.8) is 0 Å². The molecular weight excluding hydrogens is 480 g/mol. The van der Waals surface area contributed by atoms with Gasteiger partial charge in [-0.2, -0.15) is 5.26 Å². The lowest BCUT2D eigenvalue weighted by Crippen LogP contribution is -2.13. The van der Waals surface area contributed by atoms with E-state index in [0.29, 0.717) is 38.9 Å². The molecule has 0 unspecified atom stereocenters. The maximum absolute atomic E-state index is 12.5. The number of nitriles is 1. The average Bonchev–Trinajstić information content (AvgIpc) is 2.78. The van der Waals surface area contributed by atoms with Gasteiger partial charge in [-0.15, -0.1) is 0 Å². The monoisotopic (exact) mass is 496 g/mol. The SMILES string of the molecule is COc1ccc(NC(=O)/C(C#N)=C\c2ccc(OCc3ccccc3Cl)c(Br)c2)cc1. The highest BCUT2D eigenvalue weighted by Gasteiger charge is 2.11. The van der Waals surface area contributed by atoms with Gasteiger partial charge in [0.25, 0.3) is 5.91 Å². The summed E-state index contributed by atoms with van der Waals surface area (Å²) in [4.78, 5) is 12.5. The fourth-order valence-electron chi connectivity index (χ4n) is 2.68. The molecule has 0 saturated heterocycles. The summed E-state index contributed by atoms with van der Waals surface area (Å²) in [6.07, 6.45) is 1.52. The summed E-state index contributed by atoms with van der Waals surface area (Å²) in [5.41, 5.74) is 2.10. The number of anilines is 1. The van der Waals surface area contributed by atoms with Crippen molar-refractivity contribution in [2.24, 2.45) is 0 Å². The molecular formula is C24H18BrClN2O3. The minimum atomic E-state index is -0.497. The number of nitrogens with zero attached hydrogens (tertiary/aromatic N) is 1. The summed E-state index contributed by atoms with van der Waals surface area (Å²) >= 11 is 9.63. The lowest BCUT2D eigenvalue weighted by Gasteiger charge is -2.10. The number of hydrogen-bond donors (Lipinski definition) is 1. The van der Waals surface area contributed by atoms with Gasteiger partial charge in [0.2, 0.25) is 0 Å². The van der Waals surface area contributed by atoms with Crippen LogP contribution in [-0.2, 0) is 11.4 Å². The Kier molecular flexibility index (Phi) is 7.71. The van der Waals surface area contributed by atoms with E-state index < -0.39 is 5.91 Å². The lowest BCUT2D eigenvalue weighted by atomic mass is 10.1. The number of carbonyl (C=O) groups excluding carboxylic acids is 1. The van der Waals surface area contributed by atoms with Crippen molar-refractivity contribution in [1.82, 2.24) is 0 Å². The summed E-state index contributed by atoms with van der Waals surface area (Å²) in [6.45, 7) is 0.321. The summed E-state index contributed by atoms with van der Waals surface area (Å²) in [5.74, 6) is 0.803. The van der Waals surface area contributed by atoms with Crippen molar-refractivity contribution in [3.05, 3.63) is 92.9 Å². The Bertz CT molecular complexity index is 1150. The van der Waals surface area contributed by atoms with Crippen molar-refractivity contribution >= 4 is 45.2 Å². The molecule has 3 aromatic carbocycles. The minimum Gasteiger partial charge on any atom is -0.497 e.